The van der Waals surface area contributed by atoms with Crippen LogP contribution in [-0.4, -0.2) is 12.0 Å². The number of nitro groups is 1. The summed E-state index contributed by atoms with van der Waals surface area (Å²) in [6, 6.07) is 9.40. The third-order valence-corrected chi connectivity index (χ3v) is 3.11. The van der Waals surface area contributed by atoms with Crippen LogP contribution in [0, 0.1) is 10.1 Å². The topological polar surface area (TPSA) is 64.4 Å². The Morgan fingerprint density at radius 1 is 1.20 bits per heavy atom. The SMILES string of the molecule is CNc1cccc(Oc2cc(Cl)ccc2Cl)c1[N+](=O)[O-]. The van der Waals surface area contributed by atoms with Crippen molar-refractivity contribution < 1.29 is 9.66 Å². The Hall–Kier alpha value is -1.98. The third kappa shape index (κ3) is 2.95. The van der Waals surface area contributed by atoms with E-state index >= 15 is 0 Å². The molecule has 0 atom stereocenters. The molecule has 0 aromatic heterocycles. The van der Waals surface area contributed by atoms with Crippen LogP contribution in [0.15, 0.2) is 36.4 Å². The first kappa shape index (κ1) is 14.4. The van der Waals surface area contributed by atoms with Gasteiger partial charge in [-0.05, 0) is 24.3 Å². The summed E-state index contributed by atoms with van der Waals surface area (Å²) in [7, 11) is 1.60. The second-order valence-electron chi connectivity index (χ2n) is 3.84. The molecule has 0 spiro atoms. The normalized spacial score (nSPS) is 10.2. The summed E-state index contributed by atoms with van der Waals surface area (Å²) in [6.07, 6.45) is 0. The zero-order valence-corrected chi connectivity index (χ0v) is 11.9. The van der Waals surface area contributed by atoms with E-state index in [1.165, 1.54) is 12.1 Å². The van der Waals surface area contributed by atoms with Gasteiger partial charge in [-0.1, -0.05) is 29.3 Å². The first-order valence-corrected chi connectivity index (χ1v) is 6.36. The summed E-state index contributed by atoms with van der Waals surface area (Å²) in [5.41, 5.74) is 0.191. The third-order valence-electron chi connectivity index (χ3n) is 2.56. The minimum atomic E-state index is -0.514. The summed E-state index contributed by atoms with van der Waals surface area (Å²) < 4.78 is 5.53. The summed E-state index contributed by atoms with van der Waals surface area (Å²) in [6.45, 7) is 0. The molecule has 1 N–H and O–H groups in total. The summed E-state index contributed by atoms with van der Waals surface area (Å²) >= 11 is 11.8. The van der Waals surface area contributed by atoms with E-state index in [2.05, 4.69) is 5.32 Å². The standard InChI is InChI=1S/C13H10Cl2N2O3/c1-16-10-3-2-4-11(13(10)17(18)19)20-12-7-8(14)5-6-9(12)15/h2-7,16H,1H3. The fraction of sp³-hybridized carbons (Fsp3) is 0.0769. The zero-order chi connectivity index (χ0) is 14.7. The lowest BCUT2D eigenvalue weighted by Crippen LogP contribution is -1.99. The fourth-order valence-corrected chi connectivity index (χ4v) is 1.99. The summed E-state index contributed by atoms with van der Waals surface area (Å²) in [5.74, 6) is 0.349. The summed E-state index contributed by atoms with van der Waals surface area (Å²) in [5, 5.41) is 14.7. The Labute approximate surface area is 125 Å². The highest BCUT2D eigenvalue weighted by Gasteiger charge is 2.21. The van der Waals surface area contributed by atoms with Crippen LogP contribution in [0.25, 0.3) is 0 Å². The van der Waals surface area contributed by atoms with Crippen LogP contribution in [0.2, 0.25) is 10.0 Å². The lowest BCUT2D eigenvalue weighted by Gasteiger charge is -2.10. The van der Waals surface area contributed by atoms with Gasteiger partial charge in [0.1, 0.15) is 11.4 Å². The van der Waals surface area contributed by atoms with Gasteiger partial charge in [0.25, 0.3) is 0 Å². The first-order valence-electron chi connectivity index (χ1n) is 5.61. The molecule has 2 aromatic carbocycles. The highest BCUT2D eigenvalue weighted by molar-refractivity contribution is 6.34. The van der Waals surface area contributed by atoms with E-state index in [1.807, 2.05) is 0 Å². The van der Waals surface area contributed by atoms with E-state index in [0.29, 0.717) is 15.7 Å². The summed E-state index contributed by atoms with van der Waals surface area (Å²) in [4.78, 5) is 10.7. The van der Waals surface area contributed by atoms with Crippen molar-refractivity contribution in [1.29, 1.82) is 0 Å². The van der Waals surface area contributed by atoms with Crippen molar-refractivity contribution >= 4 is 34.6 Å². The first-order chi connectivity index (χ1) is 9.52. The van der Waals surface area contributed by atoms with Crippen molar-refractivity contribution in [3.05, 3.63) is 56.6 Å². The minimum Gasteiger partial charge on any atom is -0.448 e. The van der Waals surface area contributed by atoms with Crippen molar-refractivity contribution in [2.45, 2.75) is 0 Å². The highest BCUT2D eigenvalue weighted by Crippen LogP contribution is 2.39. The molecule has 104 valence electrons. The molecule has 0 unspecified atom stereocenters. The van der Waals surface area contributed by atoms with E-state index in [-0.39, 0.29) is 17.2 Å². The van der Waals surface area contributed by atoms with Gasteiger partial charge >= 0.3 is 5.69 Å². The average molecular weight is 313 g/mol. The number of nitrogens with zero attached hydrogens (tertiary/aromatic N) is 1. The Balaban J connectivity index is 2.48. The Bertz CT molecular complexity index is 662. The number of hydrogen-bond donors (Lipinski definition) is 1. The Morgan fingerprint density at radius 2 is 1.95 bits per heavy atom. The highest BCUT2D eigenvalue weighted by atomic mass is 35.5. The van der Waals surface area contributed by atoms with E-state index in [0.717, 1.165) is 0 Å². The quantitative estimate of drug-likeness (QED) is 0.654. The maximum Gasteiger partial charge on any atom is 0.334 e. The number of nitro benzene ring substituents is 1. The predicted octanol–water partition coefficient (Wildman–Crippen LogP) is 4.74. The molecule has 0 fully saturated rings. The molecule has 0 bridgehead atoms. The van der Waals surface area contributed by atoms with Gasteiger partial charge in [0.15, 0.2) is 0 Å². The smallest absolute Gasteiger partial charge is 0.334 e. The van der Waals surface area contributed by atoms with Gasteiger partial charge in [0.2, 0.25) is 5.75 Å². The van der Waals surface area contributed by atoms with Gasteiger partial charge in [0.05, 0.1) is 9.95 Å². The molecule has 20 heavy (non-hydrogen) atoms. The number of anilines is 1. The second kappa shape index (κ2) is 5.98. The van der Waals surface area contributed by atoms with Crippen LogP contribution in [0.1, 0.15) is 0 Å². The fourth-order valence-electron chi connectivity index (χ4n) is 1.67. The number of halogens is 2. The van der Waals surface area contributed by atoms with Gasteiger partial charge in [-0.3, -0.25) is 10.1 Å². The van der Waals surface area contributed by atoms with Crippen molar-refractivity contribution in [3.8, 4) is 11.5 Å². The molecule has 0 heterocycles. The Kier molecular flexibility index (Phi) is 4.32. The van der Waals surface area contributed by atoms with E-state index in [9.17, 15) is 10.1 Å². The molecule has 7 heteroatoms. The van der Waals surface area contributed by atoms with Crippen molar-refractivity contribution in [1.82, 2.24) is 0 Å². The molecule has 0 amide bonds. The molecule has 0 aliphatic rings. The van der Waals surface area contributed by atoms with Gasteiger partial charge < -0.3 is 10.1 Å². The predicted molar refractivity (Wildman–Crippen MR) is 79.2 cm³/mol. The van der Waals surface area contributed by atoms with E-state index < -0.39 is 4.92 Å². The molecule has 0 radical (unpaired) electrons. The minimum absolute atomic E-state index is 0.0889. The maximum atomic E-state index is 11.2. The molecule has 0 saturated heterocycles. The van der Waals surface area contributed by atoms with Gasteiger partial charge in [0, 0.05) is 18.1 Å². The second-order valence-corrected chi connectivity index (χ2v) is 4.68. The number of rotatable bonds is 4. The molecule has 0 aliphatic heterocycles. The number of benzene rings is 2. The van der Waals surface area contributed by atoms with E-state index in [4.69, 9.17) is 27.9 Å². The van der Waals surface area contributed by atoms with Gasteiger partial charge in [-0.2, -0.15) is 0 Å². The molecule has 0 saturated carbocycles. The Morgan fingerprint density at radius 3 is 2.60 bits per heavy atom. The molecule has 5 nitrogen and oxygen atoms in total. The maximum absolute atomic E-state index is 11.2. The zero-order valence-electron chi connectivity index (χ0n) is 10.4. The molecule has 0 aliphatic carbocycles. The van der Waals surface area contributed by atoms with Crippen molar-refractivity contribution in [3.63, 3.8) is 0 Å². The van der Waals surface area contributed by atoms with Crippen LogP contribution in [0.5, 0.6) is 11.5 Å². The number of nitrogens with one attached hydrogen (secondary N) is 1. The average Bonchev–Trinajstić information content (AvgIpc) is 2.42. The lowest BCUT2D eigenvalue weighted by molar-refractivity contribution is -0.384. The van der Waals surface area contributed by atoms with Crippen LogP contribution in [0.3, 0.4) is 0 Å². The van der Waals surface area contributed by atoms with Crippen LogP contribution < -0.4 is 10.1 Å². The van der Waals surface area contributed by atoms with Crippen LogP contribution in [-0.2, 0) is 0 Å². The molecular weight excluding hydrogens is 303 g/mol. The number of para-hydroxylation sites is 1. The molecule has 2 aromatic rings. The number of ether oxygens (including phenoxy) is 1. The van der Waals surface area contributed by atoms with Crippen molar-refractivity contribution in [2.75, 3.05) is 12.4 Å². The lowest BCUT2D eigenvalue weighted by atomic mass is 10.2. The number of hydrogen-bond acceptors (Lipinski definition) is 4. The largest absolute Gasteiger partial charge is 0.448 e. The molecular formula is C13H10Cl2N2O3. The van der Waals surface area contributed by atoms with Gasteiger partial charge in [-0.25, -0.2) is 0 Å². The van der Waals surface area contributed by atoms with E-state index in [1.54, 1.807) is 31.3 Å². The monoisotopic (exact) mass is 312 g/mol. The van der Waals surface area contributed by atoms with Crippen molar-refractivity contribution in [2.24, 2.45) is 0 Å². The van der Waals surface area contributed by atoms with Crippen LogP contribution in [0.4, 0.5) is 11.4 Å². The van der Waals surface area contributed by atoms with Gasteiger partial charge in [-0.15, -0.1) is 0 Å². The molecule has 2 rings (SSSR count). The van der Waals surface area contributed by atoms with Crippen LogP contribution >= 0.6 is 23.2 Å².